The molecule has 2 rings (SSSR count). The lowest BCUT2D eigenvalue weighted by atomic mass is 10.2. The van der Waals surface area contributed by atoms with E-state index in [0.29, 0.717) is 31.2 Å². The van der Waals surface area contributed by atoms with Crippen LogP contribution in [0.3, 0.4) is 0 Å². The van der Waals surface area contributed by atoms with Crippen molar-refractivity contribution in [2.45, 2.75) is 6.54 Å². The third-order valence-corrected chi connectivity index (χ3v) is 3.25. The van der Waals surface area contributed by atoms with Gasteiger partial charge >= 0.3 is 0 Å². The maximum absolute atomic E-state index is 12.9. The van der Waals surface area contributed by atoms with Crippen LogP contribution in [0, 0.1) is 5.82 Å². The number of ether oxygens (including phenoxy) is 2. The Balaban J connectivity index is 1.84. The third-order valence-electron chi connectivity index (χ3n) is 3.25. The zero-order valence-electron chi connectivity index (χ0n) is 13.9. The summed E-state index contributed by atoms with van der Waals surface area (Å²) < 4.78 is 23.5. The number of benzene rings is 2. The first-order valence-corrected chi connectivity index (χ1v) is 7.67. The molecule has 0 fully saturated rings. The van der Waals surface area contributed by atoms with Gasteiger partial charge in [0.05, 0.1) is 6.61 Å². The number of nitrogens with one attached hydrogen (secondary N) is 2. The first-order valence-electron chi connectivity index (χ1n) is 7.67. The van der Waals surface area contributed by atoms with E-state index in [1.807, 2.05) is 24.3 Å². The average molecular weight is 331 g/mol. The zero-order valence-corrected chi connectivity index (χ0v) is 13.9. The van der Waals surface area contributed by atoms with Crippen LogP contribution in [0.5, 0.6) is 11.5 Å². The minimum absolute atomic E-state index is 0.281. The highest BCUT2D eigenvalue weighted by molar-refractivity contribution is 5.79. The Bertz CT molecular complexity index is 642. The summed E-state index contributed by atoms with van der Waals surface area (Å²) in [5, 5.41) is 6.37. The van der Waals surface area contributed by atoms with Gasteiger partial charge in [-0.25, -0.2) is 4.39 Å². The normalized spacial score (nSPS) is 11.2. The van der Waals surface area contributed by atoms with Gasteiger partial charge in [-0.15, -0.1) is 0 Å². The van der Waals surface area contributed by atoms with Gasteiger partial charge in [0.2, 0.25) is 0 Å². The number of guanidine groups is 1. The fourth-order valence-corrected chi connectivity index (χ4v) is 1.99. The van der Waals surface area contributed by atoms with Gasteiger partial charge in [0.1, 0.15) is 17.3 Å². The Morgan fingerprint density at radius 2 is 1.62 bits per heavy atom. The van der Waals surface area contributed by atoms with Crippen molar-refractivity contribution in [1.29, 1.82) is 0 Å². The molecule has 0 unspecified atom stereocenters. The predicted octanol–water partition coefficient (Wildman–Crippen LogP) is 2.93. The van der Waals surface area contributed by atoms with E-state index in [1.165, 1.54) is 12.1 Å². The van der Waals surface area contributed by atoms with Crippen LogP contribution in [-0.2, 0) is 11.3 Å². The summed E-state index contributed by atoms with van der Waals surface area (Å²) in [6.07, 6.45) is 0. The van der Waals surface area contributed by atoms with E-state index in [2.05, 4.69) is 15.6 Å². The molecule has 0 radical (unpaired) electrons. The molecule has 0 amide bonds. The van der Waals surface area contributed by atoms with Crippen LogP contribution < -0.4 is 15.4 Å². The molecular formula is C18H22FN3O2. The fourth-order valence-electron chi connectivity index (χ4n) is 1.99. The summed E-state index contributed by atoms with van der Waals surface area (Å²) in [6, 6.07) is 13.6. The topological polar surface area (TPSA) is 54.9 Å². The second-order valence-electron chi connectivity index (χ2n) is 5.05. The summed E-state index contributed by atoms with van der Waals surface area (Å²) in [5.41, 5.74) is 1.09. The lowest BCUT2D eigenvalue weighted by Gasteiger charge is -2.12. The maximum atomic E-state index is 12.9. The lowest BCUT2D eigenvalue weighted by Crippen LogP contribution is -2.38. The van der Waals surface area contributed by atoms with Crippen LogP contribution in [-0.4, -0.2) is 33.3 Å². The van der Waals surface area contributed by atoms with Crippen molar-refractivity contribution in [2.24, 2.45) is 4.99 Å². The van der Waals surface area contributed by atoms with Crippen LogP contribution in [0.2, 0.25) is 0 Å². The zero-order chi connectivity index (χ0) is 17.2. The Morgan fingerprint density at radius 1 is 1.00 bits per heavy atom. The van der Waals surface area contributed by atoms with E-state index < -0.39 is 0 Å². The molecule has 24 heavy (non-hydrogen) atoms. The molecule has 0 atom stereocenters. The SMILES string of the molecule is CN=C(NCCOC)NCc1ccc(Oc2ccc(F)cc2)cc1. The molecule has 0 saturated heterocycles. The van der Waals surface area contributed by atoms with Crippen molar-refractivity contribution in [3.05, 3.63) is 59.9 Å². The molecule has 0 aliphatic heterocycles. The van der Waals surface area contributed by atoms with Gasteiger partial charge in [-0.2, -0.15) is 0 Å². The molecule has 2 aromatic carbocycles. The molecule has 2 aromatic rings. The van der Waals surface area contributed by atoms with E-state index in [1.54, 1.807) is 26.3 Å². The van der Waals surface area contributed by atoms with Gasteiger partial charge in [0, 0.05) is 27.2 Å². The predicted molar refractivity (Wildman–Crippen MR) is 93.0 cm³/mol. The minimum Gasteiger partial charge on any atom is -0.457 e. The molecule has 0 saturated carbocycles. The van der Waals surface area contributed by atoms with Crippen molar-refractivity contribution >= 4 is 5.96 Å². The number of nitrogens with zero attached hydrogens (tertiary/aromatic N) is 1. The molecule has 0 heterocycles. The number of halogens is 1. The van der Waals surface area contributed by atoms with Crippen LogP contribution in [0.4, 0.5) is 4.39 Å². The van der Waals surface area contributed by atoms with Crippen molar-refractivity contribution in [3.63, 3.8) is 0 Å². The molecule has 0 spiro atoms. The van der Waals surface area contributed by atoms with Crippen LogP contribution in [0.15, 0.2) is 53.5 Å². The molecule has 5 nitrogen and oxygen atoms in total. The maximum Gasteiger partial charge on any atom is 0.191 e. The van der Waals surface area contributed by atoms with Gasteiger partial charge in [-0.1, -0.05) is 12.1 Å². The first kappa shape index (κ1) is 17.7. The summed E-state index contributed by atoms with van der Waals surface area (Å²) >= 11 is 0. The lowest BCUT2D eigenvalue weighted by molar-refractivity contribution is 0.203. The Morgan fingerprint density at radius 3 is 2.21 bits per heavy atom. The minimum atomic E-state index is -0.281. The van der Waals surface area contributed by atoms with E-state index >= 15 is 0 Å². The average Bonchev–Trinajstić information content (AvgIpc) is 2.61. The van der Waals surface area contributed by atoms with Crippen molar-refractivity contribution < 1.29 is 13.9 Å². The van der Waals surface area contributed by atoms with E-state index in [4.69, 9.17) is 9.47 Å². The molecule has 128 valence electrons. The number of methoxy groups -OCH3 is 1. The first-order chi connectivity index (χ1) is 11.7. The number of hydrogen-bond donors (Lipinski definition) is 2. The summed E-state index contributed by atoms with van der Waals surface area (Å²) in [5.74, 6) is 1.74. The van der Waals surface area contributed by atoms with Crippen LogP contribution in [0.1, 0.15) is 5.56 Å². The third kappa shape index (κ3) is 5.89. The molecule has 2 N–H and O–H groups in total. The molecule has 0 aromatic heterocycles. The molecule has 6 heteroatoms. The van der Waals surface area contributed by atoms with E-state index in [9.17, 15) is 4.39 Å². The largest absolute Gasteiger partial charge is 0.457 e. The van der Waals surface area contributed by atoms with E-state index in [0.717, 1.165) is 11.5 Å². The highest BCUT2D eigenvalue weighted by Crippen LogP contribution is 2.21. The van der Waals surface area contributed by atoms with E-state index in [-0.39, 0.29) is 5.82 Å². The molecule has 0 bridgehead atoms. The van der Waals surface area contributed by atoms with Gasteiger partial charge in [0.25, 0.3) is 0 Å². The second kappa shape index (κ2) is 9.52. The highest BCUT2D eigenvalue weighted by Gasteiger charge is 2.00. The Labute approximate surface area is 141 Å². The number of hydrogen-bond acceptors (Lipinski definition) is 3. The van der Waals surface area contributed by atoms with Gasteiger partial charge in [-0.05, 0) is 42.0 Å². The van der Waals surface area contributed by atoms with Gasteiger partial charge in [-0.3, -0.25) is 4.99 Å². The van der Waals surface area contributed by atoms with Crippen molar-refractivity contribution in [2.75, 3.05) is 27.3 Å². The van der Waals surface area contributed by atoms with Crippen molar-refractivity contribution in [1.82, 2.24) is 10.6 Å². The summed E-state index contributed by atoms with van der Waals surface area (Å²) in [4.78, 5) is 4.14. The number of rotatable bonds is 7. The van der Waals surface area contributed by atoms with Gasteiger partial charge < -0.3 is 20.1 Å². The summed E-state index contributed by atoms with van der Waals surface area (Å²) in [7, 11) is 3.38. The second-order valence-corrected chi connectivity index (χ2v) is 5.05. The van der Waals surface area contributed by atoms with Crippen molar-refractivity contribution in [3.8, 4) is 11.5 Å². The quantitative estimate of drug-likeness (QED) is 0.465. The van der Waals surface area contributed by atoms with Crippen LogP contribution in [0.25, 0.3) is 0 Å². The smallest absolute Gasteiger partial charge is 0.191 e. The van der Waals surface area contributed by atoms with Crippen LogP contribution >= 0.6 is 0 Å². The van der Waals surface area contributed by atoms with Gasteiger partial charge in [0.15, 0.2) is 5.96 Å². The standard InChI is InChI=1S/C18H22FN3O2/c1-20-18(21-11-12-23-2)22-13-14-3-7-16(8-4-14)24-17-9-5-15(19)6-10-17/h3-10H,11-13H2,1-2H3,(H2,20,21,22). The highest BCUT2D eigenvalue weighted by atomic mass is 19.1. The molecular weight excluding hydrogens is 309 g/mol. The number of aliphatic imine (C=N–C) groups is 1. The molecule has 0 aliphatic rings. The molecule has 0 aliphatic carbocycles. The monoisotopic (exact) mass is 331 g/mol. The Hall–Kier alpha value is -2.60. The fraction of sp³-hybridized carbons (Fsp3) is 0.278. The Kier molecular flexibility index (Phi) is 7.04. The summed E-state index contributed by atoms with van der Waals surface area (Å²) in [6.45, 7) is 1.96.